The lowest BCUT2D eigenvalue weighted by Gasteiger charge is -2.08. The van der Waals surface area contributed by atoms with Crippen molar-refractivity contribution >= 4 is 32.9 Å². The first kappa shape index (κ1) is 11.0. The maximum absolute atomic E-state index is 5.92. The number of rotatable bonds is 3. The lowest BCUT2D eigenvalue weighted by Crippen LogP contribution is -2.04. The number of fused-ring (bicyclic) bond motifs is 1. The smallest absolute Gasteiger partial charge is 0.134 e. The topological polar surface area (TPSA) is 50.9 Å². The molecule has 3 N–H and O–H groups in total. The number of nitrogens with one attached hydrogen (secondary N) is 1. The second-order valence-electron chi connectivity index (χ2n) is 4.04. The van der Waals surface area contributed by atoms with E-state index in [0.717, 1.165) is 22.5 Å². The third-order valence-corrected chi connectivity index (χ3v) is 3.76. The normalized spacial score (nSPS) is 10.7. The van der Waals surface area contributed by atoms with Crippen molar-refractivity contribution < 1.29 is 0 Å². The minimum atomic E-state index is 0.689. The molecule has 0 bridgehead atoms. The number of para-hydroxylation sites is 1. The average Bonchev–Trinajstić information content (AvgIpc) is 2.86. The van der Waals surface area contributed by atoms with Crippen LogP contribution in [-0.4, -0.2) is 4.98 Å². The molecule has 0 amide bonds. The van der Waals surface area contributed by atoms with Crippen LogP contribution in [0.25, 0.3) is 10.1 Å². The van der Waals surface area contributed by atoms with E-state index in [1.165, 1.54) is 4.70 Å². The number of thiophene rings is 1. The van der Waals surface area contributed by atoms with Crippen LogP contribution in [0, 0.1) is 0 Å². The van der Waals surface area contributed by atoms with E-state index >= 15 is 0 Å². The highest BCUT2D eigenvalue weighted by Gasteiger charge is 2.03. The molecule has 3 aromatic rings. The minimum Gasteiger partial charge on any atom is -0.398 e. The molecule has 3 nitrogen and oxygen atoms in total. The standard InChI is InChI=1S/C14H13N3S/c15-12-4-2-1-3-10(12)9-17-14-11-6-8-18-13(11)5-7-16-14/h1-8H,9,15H2,(H,16,17). The van der Waals surface area contributed by atoms with Gasteiger partial charge < -0.3 is 11.1 Å². The third-order valence-electron chi connectivity index (χ3n) is 2.88. The van der Waals surface area contributed by atoms with Crippen LogP contribution in [0.1, 0.15) is 5.56 Å². The van der Waals surface area contributed by atoms with E-state index < -0.39 is 0 Å². The number of benzene rings is 1. The molecule has 0 spiro atoms. The van der Waals surface area contributed by atoms with Gasteiger partial charge in [0, 0.05) is 28.5 Å². The van der Waals surface area contributed by atoms with Gasteiger partial charge >= 0.3 is 0 Å². The van der Waals surface area contributed by atoms with Crippen LogP contribution >= 0.6 is 11.3 Å². The molecule has 18 heavy (non-hydrogen) atoms. The van der Waals surface area contributed by atoms with Gasteiger partial charge in [0.2, 0.25) is 0 Å². The van der Waals surface area contributed by atoms with Crippen molar-refractivity contribution in [3.63, 3.8) is 0 Å². The number of nitrogens with two attached hydrogens (primary N) is 1. The molecule has 0 aliphatic rings. The molecule has 0 aliphatic heterocycles. The van der Waals surface area contributed by atoms with Crippen LogP contribution in [0.2, 0.25) is 0 Å². The van der Waals surface area contributed by atoms with Crippen LogP contribution in [0.15, 0.2) is 48.0 Å². The first-order valence-corrected chi connectivity index (χ1v) is 6.62. The Bertz CT molecular complexity index is 675. The lowest BCUT2D eigenvalue weighted by molar-refractivity contribution is 1.12. The molecule has 2 aromatic heterocycles. The van der Waals surface area contributed by atoms with Crippen LogP contribution in [0.5, 0.6) is 0 Å². The highest BCUT2D eigenvalue weighted by atomic mass is 32.1. The molecule has 4 heteroatoms. The number of aromatic nitrogens is 1. The molecule has 0 saturated heterocycles. The Morgan fingerprint density at radius 1 is 1.17 bits per heavy atom. The van der Waals surface area contributed by atoms with E-state index in [2.05, 4.69) is 21.7 Å². The summed E-state index contributed by atoms with van der Waals surface area (Å²) in [6.45, 7) is 0.689. The van der Waals surface area contributed by atoms with Gasteiger partial charge in [-0.2, -0.15) is 0 Å². The summed E-state index contributed by atoms with van der Waals surface area (Å²) in [7, 11) is 0. The minimum absolute atomic E-state index is 0.689. The predicted molar refractivity (Wildman–Crippen MR) is 77.8 cm³/mol. The second kappa shape index (κ2) is 4.66. The predicted octanol–water partition coefficient (Wildman–Crippen LogP) is 3.49. The van der Waals surface area contributed by atoms with Crippen LogP contribution in [0.4, 0.5) is 11.5 Å². The number of hydrogen-bond donors (Lipinski definition) is 2. The average molecular weight is 255 g/mol. The zero-order chi connectivity index (χ0) is 12.4. The fraction of sp³-hybridized carbons (Fsp3) is 0.0714. The van der Waals surface area contributed by atoms with Gasteiger partial charge in [-0.15, -0.1) is 11.3 Å². The van der Waals surface area contributed by atoms with E-state index in [9.17, 15) is 0 Å². The first-order chi connectivity index (χ1) is 8.84. The van der Waals surface area contributed by atoms with Crippen molar-refractivity contribution in [3.05, 3.63) is 53.5 Å². The Morgan fingerprint density at radius 2 is 2.06 bits per heavy atom. The van der Waals surface area contributed by atoms with Gasteiger partial charge in [-0.25, -0.2) is 4.98 Å². The Morgan fingerprint density at radius 3 is 2.94 bits per heavy atom. The van der Waals surface area contributed by atoms with Crippen molar-refractivity contribution in [1.82, 2.24) is 4.98 Å². The monoisotopic (exact) mass is 255 g/mol. The Hall–Kier alpha value is -2.07. The summed E-state index contributed by atoms with van der Waals surface area (Å²) in [5.41, 5.74) is 7.82. The van der Waals surface area contributed by atoms with E-state index in [0.29, 0.717) is 6.54 Å². The largest absolute Gasteiger partial charge is 0.398 e. The maximum Gasteiger partial charge on any atom is 0.134 e. The molecular weight excluding hydrogens is 242 g/mol. The third kappa shape index (κ3) is 2.02. The fourth-order valence-electron chi connectivity index (χ4n) is 1.91. The summed E-state index contributed by atoms with van der Waals surface area (Å²) in [6.07, 6.45) is 1.83. The molecular formula is C14H13N3S. The maximum atomic E-state index is 5.92. The number of pyridine rings is 1. The molecule has 0 aliphatic carbocycles. The first-order valence-electron chi connectivity index (χ1n) is 5.74. The SMILES string of the molecule is Nc1ccccc1CNc1nccc2sccc12. The van der Waals surface area contributed by atoms with Crippen molar-refractivity contribution in [3.8, 4) is 0 Å². The van der Waals surface area contributed by atoms with Gasteiger partial charge in [0.15, 0.2) is 0 Å². The summed E-state index contributed by atoms with van der Waals surface area (Å²) < 4.78 is 1.24. The van der Waals surface area contributed by atoms with Crippen molar-refractivity contribution in [1.29, 1.82) is 0 Å². The van der Waals surface area contributed by atoms with Gasteiger partial charge in [-0.3, -0.25) is 0 Å². The van der Waals surface area contributed by atoms with E-state index in [1.807, 2.05) is 36.5 Å². The van der Waals surface area contributed by atoms with Gasteiger partial charge in [0.1, 0.15) is 5.82 Å². The molecule has 0 saturated carbocycles. The molecule has 1 aromatic carbocycles. The van der Waals surface area contributed by atoms with Crippen molar-refractivity contribution in [2.45, 2.75) is 6.54 Å². The fourth-order valence-corrected chi connectivity index (χ4v) is 2.69. The summed E-state index contributed by atoms with van der Waals surface area (Å²) in [4.78, 5) is 4.38. The molecule has 2 heterocycles. The Labute approximate surface area is 109 Å². The van der Waals surface area contributed by atoms with E-state index in [4.69, 9.17) is 5.73 Å². The quantitative estimate of drug-likeness (QED) is 0.704. The van der Waals surface area contributed by atoms with Gasteiger partial charge in [0.25, 0.3) is 0 Å². The lowest BCUT2D eigenvalue weighted by atomic mass is 10.2. The summed E-state index contributed by atoms with van der Waals surface area (Å²) in [5, 5.41) is 6.59. The highest BCUT2D eigenvalue weighted by molar-refractivity contribution is 7.17. The second-order valence-corrected chi connectivity index (χ2v) is 4.99. The van der Waals surface area contributed by atoms with E-state index in [1.54, 1.807) is 11.3 Å². The summed E-state index contributed by atoms with van der Waals surface area (Å²) in [5.74, 6) is 0.914. The zero-order valence-electron chi connectivity index (χ0n) is 9.76. The molecule has 90 valence electrons. The Balaban J connectivity index is 1.85. The van der Waals surface area contributed by atoms with Gasteiger partial charge in [-0.05, 0) is 29.1 Å². The molecule has 0 atom stereocenters. The van der Waals surface area contributed by atoms with E-state index in [-0.39, 0.29) is 0 Å². The van der Waals surface area contributed by atoms with Crippen LogP contribution in [0.3, 0.4) is 0 Å². The molecule has 0 fully saturated rings. The van der Waals surface area contributed by atoms with Crippen molar-refractivity contribution in [2.24, 2.45) is 0 Å². The number of nitrogen functional groups attached to an aromatic ring is 1. The summed E-state index contributed by atoms with van der Waals surface area (Å²) >= 11 is 1.72. The molecule has 0 unspecified atom stereocenters. The highest BCUT2D eigenvalue weighted by Crippen LogP contribution is 2.26. The number of nitrogens with zero attached hydrogens (tertiary/aromatic N) is 1. The van der Waals surface area contributed by atoms with Gasteiger partial charge in [-0.1, -0.05) is 18.2 Å². The van der Waals surface area contributed by atoms with Crippen molar-refractivity contribution in [2.75, 3.05) is 11.1 Å². The molecule has 3 rings (SSSR count). The van der Waals surface area contributed by atoms with Crippen LogP contribution in [-0.2, 0) is 6.54 Å². The number of hydrogen-bond acceptors (Lipinski definition) is 4. The summed E-state index contributed by atoms with van der Waals surface area (Å²) in [6, 6.07) is 12.0. The Kier molecular flexibility index (Phi) is 2.86. The molecule has 0 radical (unpaired) electrons. The van der Waals surface area contributed by atoms with Gasteiger partial charge in [0.05, 0.1) is 0 Å². The van der Waals surface area contributed by atoms with Crippen LogP contribution < -0.4 is 11.1 Å². The zero-order valence-corrected chi connectivity index (χ0v) is 10.6. The number of anilines is 2.